The van der Waals surface area contributed by atoms with E-state index in [2.05, 4.69) is 10.2 Å². The van der Waals surface area contributed by atoms with Crippen LogP contribution in [0.4, 0.5) is 4.39 Å². The molecule has 7 heteroatoms. The van der Waals surface area contributed by atoms with Crippen LogP contribution in [-0.2, 0) is 11.2 Å². The first-order chi connectivity index (χ1) is 12.6. The summed E-state index contributed by atoms with van der Waals surface area (Å²) in [4.78, 5) is 28.4. The molecule has 2 aromatic rings. The van der Waals surface area contributed by atoms with Gasteiger partial charge in [0.15, 0.2) is 0 Å². The first-order valence-electron chi connectivity index (χ1n) is 8.67. The maximum Gasteiger partial charge on any atom is 0.254 e. The van der Waals surface area contributed by atoms with E-state index in [9.17, 15) is 14.0 Å². The van der Waals surface area contributed by atoms with E-state index in [4.69, 9.17) is 0 Å². The molecule has 3 rings (SSSR count). The third-order valence-corrected chi connectivity index (χ3v) is 5.14. The summed E-state index contributed by atoms with van der Waals surface area (Å²) in [6.45, 7) is 4.36. The molecule has 1 aliphatic heterocycles. The van der Waals surface area contributed by atoms with Crippen LogP contribution < -0.4 is 5.32 Å². The molecule has 1 aliphatic rings. The quantitative estimate of drug-likeness (QED) is 0.840. The summed E-state index contributed by atoms with van der Waals surface area (Å²) in [6, 6.07) is 7.83. The highest BCUT2D eigenvalue weighted by Crippen LogP contribution is 2.11. The fraction of sp³-hybridized carbons (Fsp3) is 0.368. The molecule has 0 atom stereocenters. The minimum absolute atomic E-state index is 0.0668. The molecule has 0 saturated carbocycles. The predicted octanol–water partition coefficient (Wildman–Crippen LogP) is 2.00. The molecule has 2 heterocycles. The Balaban J connectivity index is 1.34. The van der Waals surface area contributed by atoms with E-state index in [1.165, 1.54) is 23.5 Å². The van der Waals surface area contributed by atoms with Crippen LogP contribution in [-0.4, -0.2) is 60.9 Å². The summed E-state index contributed by atoms with van der Waals surface area (Å²) in [5.74, 6) is -0.271. The standard InChI is InChI=1S/C19H22FN3O2S/c20-17-3-1-15(2-4-17)13-18(24)21-6-7-22-8-10-23(11-9-22)19(25)16-5-12-26-14-16/h1-5,12,14H,6-11,13H2,(H,21,24). The zero-order valence-electron chi connectivity index (χ0n) is 14.5. The lowest BCUT2D eigenvalue weighted by atomic mass is 10.1. The molecule has 0 radical (unpaired) electrons. The van der Waals surface area contributed by atoms with Crippen molar-refractivity contribution in [2.45, 2.75) is 6.42 Å². The first-order valence-corrected chi connectivity index (χ1v) is 9.61. The fourth-order valence-electron chi connectivity index (χ4n) is 2.95. The predicted molar refractivity (Wildman–Crippen MR) is 99.8 cm³/mol. The van der Waals surface area contributed by atoms with Crippen LogP contribution in [0.3, 0.4) is 0 Å². The van der Waals surface area contributed by atoms with Gasteiger partial charge in [-0.3, -0.25) is 14.5 Å². The smallest absolute Gasteiger partial charge is 0.254 e. The number of piperazine rings is 1. The molecule has 1 saturated heterocycles. The van der Waals surface area contributed by atoms with Gasteiger partial charge in [-0.25, -0.2) is 4.39 Å². The SMILES string of the molecule is O=C(Cc1ccc(F)cc1)NCCN1CCN(C(=O)c2ccsc2)CC1. The summed E-state index contributed by atoms with van der Waals surface area (Å²) < 4.78 is 12.9. The van der Waals surface area contributed by atoms with Gasteiger partial charge in [0.2, 0.25) is 5.91 Å². The molecule has 1 aromatic carbocycles. The Bertz CT molecular complexity index is 726. The molecule has 26 heavy (non-hydrogen) atoms. The van der Waals surface area contributed by atoms with Crippen molar-refractivity contribution in [2.75, 3.05) is 39.3 Å². The van der Waals surface area contributed by atoms with Crippen molar-refractivity contribution in [3.8, 4) is 0 Å². The monoisotopic (exact) mass is 375 g/mol. The minimum atomic E-state index is -0.300. The van der Waals surface area contributed by atoms with Crippen LogP contribution >= 0.6 is 11.3 Å². The van der Waals surface area contributed by atoms with E-state index in [1.807, 2.05) is 21.7 Å². The van der Waals surface area contributed by atoms with Gasteiger partial charge >= 0.3 is 0 Å². The van der Waals surface area contributed by atoms with Crippen molar-refractivity contribution in [1.82, 2.24) is 15.1 Å². The van der Waals surface area contributed by atoms with E-state index in [-0.39, 0.29) is 24.1 Å². The van der Waals surface area contributed by atoms with Crippen LogP contribution in [0, 0.1) is 5.82 Å². The molecule has 138 valence electrons. The second-order valence-corrected chi connectivity index (χ2v) is 7.08. The number of nitrogens with zero attached hydrogens (tertiary/aromatic N) is 2. The van der Waals surface area contributed by atoms with Gasteiger partial charge in [0.25, 0.3) is 5.91 Å². The zero-order valence-corrected chi connectivity index (χ0v) is 15.3. The number of halogens is 1. The van der Waals surface area contributed by atoms with E-state index in [0.29, 0.717) is 19.6 Å². The largest absolute Gasteiger partial charge is 0.355 e. The van der Waals surface area contributed by atoms with Gasteiger partial charge in [0.1, 0.15) is 5.82 Å². The van der Waals surface area contributed by atoms with E-state index < -0.39 is 0 Å². The summed E-state index contributed by atoms with van der Waals surface area (Å²) >= 11 is 1.53. The molecule has 0 aliphatic carbocycles. The summed E-state index contributed by atoms with van der Waals surface area (Å²) in [7, 11) is 0. The van der Waals surface area contributed by atoms with Gasteiger partial charge in [-0.2, -0.15) is 11.3 Å². The van der Waals surface area contributed by atoms with Crippen LogP contribution in [0.5, 0.6) is 0 Å². The average Bonchev–Trinajstić information content (AvgIpc) is 3.18. The van der Waals surface area contributed by atoms with Crippen molar-refractivity contribution >= 4 is 23.2 Å². The zero-order chi connectivity index (χ0) is 18.4. The van der Waals surface area contributed by atoms with Crippen molar-refractivity contribution < 1.29 is 14.0 Å². The Morgan fingerprint density at radius 2 is 1.81 bits per heavy atom. The Hall–Kier alpha value is -2.25. The van der Waals surface area contributed by atoms with E-state index >= 15 is 0 Å². The maximum atomic E-state index is 12.9. The molecule has 5 nitrogen and oxygen atoms in total. The summed E-state index contributed by atoms with van der Waals surface area (Å²) in [5.41, 5.74) is 1.56. The number of hydrogen-bond donors (Lipinski definition) is 1. The Kier molecular flexibility index (Phi) is 6.35. The van der Waals surface area contributed by atoms with Crippen molar-refractivity contribution in [3.05, 3.63) is 58.0 Å². The molecular weight excluding hydrogens is 353 g/mol. The second kappa shape index (κ2) is 8.91. The molecule has 0 unspecified atom stereocenters. The second-order valence-electron chi connectivity index (χ2n) is 6.30. The Morgan fingerprint density at radius 1 is 1.08 bits per heavy atom. The highest BCUT2D eigenvalue weighted by molar-refractivity contribution is 7.08. The first kappa shape index (κ1) is 18.5. The van der Waals surface area contributed by atoms with E-state index in [0.717, 1.165) is 30.8 Å². The van der Waals surface area contributed by atoms with Crippen molar-refractivity contribution in [2.24, 2.45) is 0 Å². The van der Waals surface area contributed by atoms with Gasteiger partial charge in [-0.1, -0.05) is 12.1 Å². The molecule has 2 amide bonds. The molecule has 1 N–H and O–H groups in total. The number of nitrogens with one attached hydrogen (secondary N) is 1. The number of carbonyl (C=O) groups is 2. The number of rotatable bonds is 6. The molecule has 0 bridgehead atoms. The summed E-state index contributed by atoms with van der Waals surface area (Å²) in [5, 5.41) is 6.69. The number of hydrogen-bond acceptors (Lipinski definition) is 4. The third-order valence-electron chi connectivity index (χ3n) is 4.46. The van der Waals surface area contributed by atoms with Gasteiger partial charge in [-0.05, 0) is 29.1 Å². The molecule has 1 fully saturated rings. The Morgan fingerprint density at radius 3 is 2.46 bits per heavy atom. The van der Waals surface area contributed by atoms with Gasteiger partial charge < -0.3 is 10.2 Å². The van der Waals surface area contributed by atoms with Crippen LogP contribution in [0.1, 0.15) is 15.9 Å². The highest BCUT2D eigenvalue weighted by Gasteiger charge is 2.22. The van der Waals surface area contributed by atoms with E-state index in [1.54, 1.807) is 12.1 Å². The average molecular weight is 375 g/mol. The maximum absolute atomic E-state index is 12.9. The van der Waals surface area contributed by atoms with Gasteiger partial charge in [0, 0.05) is 44.6 Å². The lowest BCUT2D eigenvalue weighted by molar-refractivity contribution is -0.120. The lowest BCUT2D eigenvalue weighted by Crippen LogP contribution is -2.50. The summed E-state index contributed by atoms with van der Waals surface area (Å²) in [6.07, 6.45) is 0.253. The van der Waals surface area contributed by atoms with Crippen LogP contribution in [0.25, 0.3) is 0 Å². The van der Waals surface area contributed by atoms with Crippen LogP contribution in [0.2, 0.25) is 0 Å². The van der Waals surface area contributed by atoms with Crippen LogP contribution in [0.15, 0.2) is 41.1 Å². The van der Waals surface area contributed by atoms with Crippen molar-refractivity contribution in [3.63, 3.8) is 0 Å². The third kappa shape index (κ3) is 5.12. The normalized spacial score (nSPS) is 15.0. The Labute approximate surface area is 156 Å². The topological polar surface area (TPSA) is 52.7 Å². The number of carbonyl (C=O) groups excluding carboxylic acids is 2. The number of thiophene rings is 1. The number of benzene rings is 1. The fourth-order valence-corrected chi connectivity index (χ4v) is 3.58. The molecule has 1 aromatic heterocycles. The molecular formula is C19H22FN3O2S. The lowest BCUT2D eigenvalue weighted by Gasteiger charge is -2.34. The number of amides is 2. The van der Waals surface area contributed by atoms with Gasteiger partial charge in [-0.15, -0.1) is 0 Å². The molecule has 0 spiro atoms. The highest BCUT2D eigenvalue weighted by atomic mass is 32.1. The van der Waals surface area contributed by atoms with Crippen molar-refractivity contribution in [1.29, 1.82) is 0 Å². The van der Waals surface area contributed by atoms with Gasteiger partial charge in [0.05, 0.1) is 12.0 Å². The minimum Gasteiger partial charge on any atom is -0.355 e.